The number of fused-ring (bicyclic) bond motifs is 1. The summed E-state index contributed by atoms with van der Waals surface area (Å²) < 4.78 is 0. The first kappa shape index (κ1) is 12.9. The van der Waals surface area contributed by atoms with Crippen LogP contribution in [-0.4, -0.2) is 22.5 Å². The van der Waals surface area contributed by atoms with Gasteiger partial charge >= 0.3 is 0 Å². The minimum atomic E-state index is -0.341. The van der Waals surface area contributed by atoms with Crippen molar-refractivity contribution in [3.63, 3.8) is 0 Å². The van der Waals surface area contributed by atoms with Crippen LogP contribution in [0.25, 0.3) is 0 Å². The van der Waals surface area contributed by atoms with Crippen LogP contribution in [-0.2, 0) is 11.2 Å². The molecule has 0 amide bonds. The number of hydrogen-bond donors (Lipinski definition) is 3. The van der Waals surface area contributed by atoms with Gasteiger partial charge in [-0.25, -0.2) is 0 Å². The fourth-order valence-corrected chi connectivity index (χ4v) is 2.37. The molecule has 1 atom stereocenters. The largest absolute Gasteiger partial charge is 0.504 e. The van der Waals surface area contributed by atoms with Gasteiger partial charge in [-0.1, -0.05) is 13.3 Å². The van der Waals surface area contributed by atoms with Crippen molar-refractivity contribution < 1.29 is 15.0 Å². The Kier molecular flexibility index (Phi) is 3.87. The number of ketones is 1. The molecule has 1 aliphatic rings. The zero-order chi connectivity index (χ0) is 13.1. The number of hydrogen-bond acceptors (Lipinski definition) is 4. The molecule has 2 rings (SSSR count). The van der Waals surface area contributed by atoms with Gasteiger partial charge in [0.15, 0.2) is 17.3 Å². The van der Waals surface area contributed by atoms with Crippen molar-refractivity contribution >= 4 is 5.78 Å². The van der Waals surface area contributed by atoms with Gasteiger partial charge in [-0.15, -0.1) is 0 Å². The van der Waals surface area contributed by atoms with Crippen LogP contribution < -0.4 is 5.32 Å². The Morgan fingerprint density at radius 2 is 2.11 bits per heavy atom. The number of benzene rings is 1. The van der Waals surface area contributed by atoms with Gasteiger partial charge in [-0.3, -0.25) is 4.79 Å². The lowest BCUT2D eigenvalue weighted by molar-refractivity contribution is -0.121. The van der Waals surface area contributed by atoms with E-state index in [4.69, 9.17) is 0 Å². The summed E-state index contributed by atoms with van der Waals surface area (Å²) in [6.45, 7) is 2.78. The lowest BCUT2D eigenvalue weighted by Crippen LogP contribution is -2.35. The van der Waals surface area contributed by atoms with Crippen molar-refractivity contribution in [1.29, 1.82) is 0 Å². The summed E-state index contributed by atoms with van der Waals surface area (Å²) in [4.78, 5) is 12.1. The van der Waals surface area contributed by atoms with Gasteiger partial charge in [0.2, 0.25) is 0 Å². The molecule has 0 fully saturated rings. The molecule has 0 saturated heterocycles. The topological polar surface area (TPSA) is 69.6 Å². The molecular formula is C14H19NO3. The Labute approximate surface area is 107 Å². The zero-order valence-corrected chi connectivity index (χ0v) is 10.6. The second-order valence-corrected chi connectivity index (χ2v) is 4.75. The number of phenolic OH excluding ortho intramolecular Hbond substituents is 2. The van der Waals surface area contributed by atoms with Crippen LogP contribution in [0.5, 0.6) is 11.5 Å². The van der Waals surface area contributed by atoms with E-state index in [9.17, 15) is 15.0 Å². The molecule has 3 N–H and O–H groups in total. The van der Waals surface area contributed by atoms with Crippen LogP contribution in [0.1, 0.15) is 43.4 Å². The lowest BCUT2D eigenvalue weighted by atomic mass is 9.90. The molecule has 18 heavy (non-hydrogen) atoms. The first-order valence-corrected chi connectivity index (χ1v) is 6.44. The second-order valence-electron chi connectivity index (χ2n) is 4.75. The third-order valence-corrected chi connectivity index (χ3v) is 3.39. The number of rotatable bonds is 4. The van der Waals surface area contributed by atoms with Gasteiger partial charge in [-0.05, 0) is 36.1 Å². The summed E-state index contributed by atoms with van der Waals surface area (Å²) in [5.41, 5.74) is 1.75. The first-order valence-electron chi connectivity index (χ1n) is 6.44. The number of Topliss-reactive ketones (excluding diaryl/α,β-unsaturated/α-hetero) is 1. The number of phenols is 2. The second kappa shape index (κ2) is 5.40. The SMILES string of the molecule is CCCCC(=O)C1NCCc2cc(O)c(O)cc21. The smallest absolute Gasteiger partial charge is 0.157 e. The van der Waals surface area contributed by atoms with Crippen LogP contribution in [0.2, 0.25) is 0 Å². The van der Waals surface area contributed by atoms with E-state index < -0.39 is 0 Å². The molecular weight excluding hydrogens is 230 g/mol. The van der Waals surface area contributed by atoms with Gasteiger partial charge in [0.05, 0.1) is 6.04 Å². The molecule has 1 unspecified atom stereocenters. The summed E-state index contributed by atoms with van der Waals surface area (Å²) >= 11 is 0. The summed E-state index contributed by atoms with van der Waals surface area (Å²) in [6, 6.07) is 2.73. The minimum Gasteiger partial charge on any atom is -0.504 e. The molecule has 0 saturated carbocycles. The van der Waals surface area contributed by atoms with E-state index in [1.165, 1.54) is 6.07 Å². The third kappa shape index (κ3) is 2.48. The summed E-state index contributed by atoms with van der Waals surface area (Å²) in [5.74, 6) is -0.121. The monoisotopic (exact) mass is 249 g/mol. The molecule has 0 aromatic heterocycles. The number of nitrogens with one attached hydrogen (secondary N) is 1. The van der Waals surface area contributed by atoms with E-state index in [-0.39, 0.29) is 23.3 Å². The normalized spacial score (nSPS) is 18.4. The molecule has 1 aromatic rings. The van der Waals surface area contributed by atoms with Crippen LogP contribution in [0.3, 0.4) is 0 Å². The van der Waals surface area contributed by atoms with Crippen molar-refractivity contribution in [2.75, 3.05) is 6.54 Å². The Balaban J connectivity index is 2.27. The highest BCUT2D eigenvalue weighted by Gasteiger charge is 2.26. The average Bonchev–Trinajstić information content (AvgIpc) is 2.36. The maximum atomic E-state index is 12.1. The minimum absolute atomic E-state index is 0.115. The number of unbranched alkanes of at least 4 members (excludes halogenated alkanes) is 1. The van der Waals surface area contributed by atoms with Gasteiger partial charge in [0, 0.05) is 13.0 Å². The quantitative estimate of drug-likeness (QED) is 0.714. The summed E-state index contributed by atoms with van der Waals surface area (Å²) in [7, 11) is 0. The molecule has 1 aromatic carbocycles. The van der Waals surface area contributed by atoms with Gasteiger partial charge in [0.1, 0.15) is 0 Å². The van der Waals surface area contributed by atoms with Crippen LogP contribution >= 0.6 is 0 Å². The van der Waals surface area contributed by atoms with Crippen molar-refractivity contribution in [3.8, 4) is 11.5 Å². The molecule has 0 radical (unpaired) electrons. The molecule has 0 aliphatic carbocycles. The summed E-state index contributed by atoms with van der Waals surface area (Å²) in [5, 5.41) is 22.2. The molecule has 4 nitrogen and oxygen atoms in total. The van der Waals surface area contributed by atoms with Crippen molar-refractivity contribution in [2.24, 2.45) is 0 Å². The maximum absolute atomic E-state index is 12.1. The predicted molar refractivity (Wildman–Crippen MR) is 68.8 cm³/mol. The highest BCUT2D eigenvalue weighted by atomic mass is 16.3. The molecule has 0 bridgehead atoms. The molecule has 0 spiro atoms. The van der Waals surface area contributed by atoms with Crippen molar-refractivity contribution in [2.45, 2.75) is 38.6 Å². The van der Waals surface area contributed by atoms with E-state index in [0.717, 1.165) is 36.9 Å². The number of aromatic hydroxyl groups is 2. The Morgan fingerprint density at radius 3 is 2.83 bits per heavy atom. The Morgan fingerprint density at radius 1 is 1.39 bits per heavy atom. The zero-order valence-electron chi connectivity index (χ0n) is 10.6. The van der Waals surface area contributed by atoms with Crippen molar-refractivity contribution in [1.82, 2.24) is 5.32 Å². The van der Waals surface area contributed by atoms with E-state index in [1.54, 1.807) is 6.07 Å². The Bertz CT molecular complexity index is 457. The molecule has 1 aliphatic heterocycles. The molecule has 4 heteroatoms. The lowest BCUT2D eigenvalue weighted by Gasteiger charge is -2.26. The number of carbonyl (C=O) groups excluding carboxylic acids is 1. The molecule has 98 valence electrons. The maximum Gasteiger partial charge on any atom is 0.157 e. The average molecular weight is 249 g/mol. The predicted octanol–water partition coefficient (Wildman–Crippen LogP) is 2.04. The van der Waals surface area contributed by atoms with E-state index >= 15 is 0 Å². The standard InChI is InChI=1S/C14H19NO3/c1-2-3-4-11(16)14-10-8-13(18)12(17)7-9(10)5-6-15-14/h7-8,14-15,17-18H,2-6H2,1H3. The van der Waals surface area contributed by atoms with E-state index in [1.807, 2.05) is 0 Å². The third-order valence-electron chi connectivity index (χ3n) is 3.39. The molecule has 1 heterocycles. The van der Waals surface area contributed by atoms with Gasteiger partial charge in [0.25, 0.3) is 0 Å². The van der Waals surface area contributed by atoms with Crippen LogP contribution in [0, 0.1) is 0 Å². The highest BCUT2D eigenvalue weighted by molar-refractivity contribution is 5.86. The fourth-order valence-electron chi connectivity index (χ4n) is 2.37. The van der Waals surface area contributed by atoms with Gasteiger partial charge < -0.3 is 15.5 Å². The van der Waals surface area contributed by atoms with Crippen LogP contribution in [0.15, 0.2) is 12.1 Å². The Hall–Kier alpha value is -1.55. The van der Waals surface area contributed by atoms with E-state index in [0.29, 0.717) is 6.42 Å². The van der Waals surface area contributed by atoms with E-state index in [2.05, 4.69) is 12.2 Å². The van der Waals surface area contributed by atoms with Gasteiger partial charge in [-0.2, -0.15) is 0 Å². The van der Waals surface area contributed by atoms with Crippen molar-refractivity contribution in [3.05, 3.63) is 23.3 Å². The summed E-state index contributed by atoms with van der Waals surface area (Å²) in [6.07, 6.45) is 3.19. The van der Waals surface area contributed by atoms with Crippen LogP contribution in [0.4, 0.5) is 0 Å². The highest BCUT2D eigenvalue weighted by Crippen LogP contribution is 2.34. The fraction of sp³-hybridized carbons (Fsp3) is 0.500. The number of carbonyl (C=O) groups is 1. The first-order chi connectivity index (χ1) is 8.63.